The lowest BCUT2D eigenvalue weighted by Gasteiger charge is -2.20. The Labute approximate surface area is 125 Å². The molecule has 0 heterocycles. The van der Waals surface area contributed by atoms with E-state index in [0.717, 1.165) is 5.56 Å². The lowest BCUT2D eigenvalue weighted by atomic mass is 10.1. The number of halogens is 1. The number of ether oxygens (including phenoxy) is 1. The molecule has 0 radical (unpaired) electrons. The largest absolute Gasteiger partial charge is 0.484 e. The van der Waals surface area contributed by atoms with E-state index < -0.39 is 0 Å². The lowest BCUT2D eigenvalue weighted by molar-refractivity contribution is -0.124. The van der Waals surface area contributed by atoms with Crippen LogP contribution in [0.3, 0.4) is 0 Å². The molecule has 0 aliphatic heterocycles. The molecule has 1 fully saturated rings. The summed E-state index contributed by atoms with van der Waals surface area (Å²) in [5.41, 5.74) is 0.523. The van der Waals surface area contributed by atoms with Crippen molar-refractivity contribution in [1.82, 2.24) is 10.6 Å². The predicted octanol–water partition coefficient (Wildman–Crippen LogP) is 2.37. The van der Waals surface area contributed by atoms with Gasteiger partial charge in [-0.15, -0.1) is 0 Å². The molecule has 1 aromatic rings. The molecule has 0 aromatic heterocycles. The molecule has 1 amide bonds. The highest BCUT2D eigenvalue weighted by molar-refractivity contribution is 5.78. The molecular weight excluding hydrogens is 271 g/mol. The Kier molecular flexibility index (Phi) is 4.83. The highest BCUT2D eigenvalue weighted by Gasteiger charge is 2.20. The van der Waals surface area contributed by atoms with Gasteiger partial charge < -0.3 is 15.4 Å². The van der Waals surface area contributed by atoms with Gasteiger partial charge >= 0.3 is 0 Å². The van der Waals surface area contributed by atoms with Crippen molar-refractivity contribution in [3.05, 3.63) is 29.6 Å². The number of hydrogen-bond donors (Lipinski definition) is 2. The monoisotopic (exact) mass is 294 g/mol. The molecule has 1 saturated carbocycles. The molecule has 1 aromatic carbocycles. The molecule has 116 valence electrons. The van der Waals surface area contributed by atoms with Crippen molar-refractivity contribution < 1.29 is 13.9 Å². The van der Waals surface area contributed by atoms with E-state index in [-0.39, 0.29) is 23.9 Å². The first-order valence-electron chi connectivity index (χ1n) is 7.28. The third kappa shape index (κ3) is 6.12. The maximum atomic E-state index is 13.6. The van der Waals surface area contributed by atoms with Crippen LogP contribution in [-0.2, 0) is 11.3 Å². The Bertz CT molecular complexity index is 507. The van der Waals surface area contributed by atoms with E-state index in [4.69, 9.17) is 4.74 Å². The Balaban J connectivity index is 1.88. The van der Waals surface area contributed by atoms with Gasteiger partial charge in [0.1, 0.15) is 11.6 Å². The molecule has 0 bridgehead atoms. The van der Waals surface area contributed by atoms with E-state index in [9.17, 15) is 9.18 Å². The zero-order valence-corrected chi connectivity index (χ0v) is 12.8. The van der Waals surface area contributed by atoms with E-state index in [0.29, 0.717) is 18.3 Å². The highest BCUT2D eigenvalue weighted by Crippen LogP contribution is 2.21. The molecule has 0 atom stereocenters. The molecular formula is C16H23FN2O2. The number of hydrogen-bond acceptors (Lipinski definition) is 3. The van der Waals surface area contributed by atoms with Gasteiger partial charge in [-0.1, -0.05) is 0 Å². The van der Waals surface area contributed by atoms with Crippen LogP contribution in [0.5, 0.6) is 5.75 Å². The summed E-state index contributed by atoms with van der Waals surface area (Å²) >= 11 is 0. The first-order valence-corrected chi connectivity index (χ1v) is 7.28. The summed E-state index contributed by atoms with van der Waals surface area (Å²) in [5, 5.41) is 6.12. The summed E-state index contributed by atoms with van der Waals surface area (Å²) < 4.78 is 18.9. The molecule has 4 nitrogen and oxygen atoms in total. The third-order valence-electron chi connectivity index (χ3n) is 2.99. The second kappa shape index (κ2) is 6.43. The van der Waals surface area contributed by atoms with Crippen molar-refractivity contribution >= 4 is 5.91 Å². The van der Waals surface area contributed by atoms with Gasteiger partial charge in [0.2, 0.25) is 0 Å². The van der Waals surface area contributed by atoms with E-state index in [2.05, 4.69) is 10.6 Å². The lowest BCUT2D eigenvalue weighted by Crippen LogP contribution is -2.43. The minimum absolute atomic E-state index is 0.115. The highest BCUT2D eigenvalue weighted by atomic mass is 19.1. The van der Waals surface area contributed by atoms with Gasteiger partial charge in [0, 0.05) is 24.2 Å². The number of nitrogens with one attached hydrogen (secondary N) is 2. The molecule has 21 heavy (non-hydrogen) atoms. The van der Waals surface area contributed by atoms with Crippen LogP contribution in [-0.4, -0.2) is 24.1 Å². The average molecular weight is 294 g/mol. The molecule has 0 unspecified atom stereocenters. The SMILES string of the molecule is CC(C)(C)NC(=O)COc1cc(F)cc(CNC2CC2)c1. The number of amides is 1. The van der Waals surface area contributed by atoms with Crippen LogP contribution in [0, 0.1) is 5.82 Å². The van der Waals surface area contributed by atoms with E-state index >= 15 is 0 Å². The second-order valence-corrected chi connectivity index (χ2v) is 6.54. The Morgan fingerprint density at radius 1 is 1.33 bits per heavy atom. The van der Waals surface area contributed by atoms with Gasteiger partial charge in [-0.05, 0) is 51.3 Å². The number of carbonyl (C=O) groups excluding carboxylic acids is 1. The van der Waals surface area contributed by atoms with Crippen molar-refractivity contribution in [2.75, 3.05) is 6.61 Å². The van der Waals surface area contributed by atoms with Crippen LogP contribution in [0.4, 0.5) is 4.39 Å². The molecule has 5 heteroatoms. The van der Waals surface area contributed by atoms with E-state index in [1.807, 2.05) is 20.8 Å². The van der Waals surface area contributed by atoms with Gasteiger partial charge in [0.15, 0.2) is 6.61 Å². The summed E-state index contributed by atoms with van der Waals surface area (Å²) in [6, 6.07) is 5.11. The van der Waals surface area contributed by atoms with Gasteiger partial charge in [-0.2, -0.15) is 0 Å². The second-order valence-electron chi connectivity index (χ2n) is 6.54. The topological polar surface area (TPSA) is 50.4 Å². The maximum Gasteiger partial charge on any atom is 0.258 e. The fraction of sp³-hybridized carbons (Fsp3) is 0.562. The molecule has 1 aliphatic carbocycles. The van der Waals surface area contributed by atoms with Gasteiger partial charge in [0.25, 0.3) is 5.91 Å². The van der Waals surface area contributed by atoms with Crippen molar-refractivity contribution in [2.45, 2.75) is 51.7 Å². The normalized spacial score (nSPS) is 14.9. The van der Waals surface area contributed by atoms with Crippen LogP contribution in [0.15, 0.2) is 18.2 Å². The summed E-state index contributed by atoms with van der Waals surface area (Å²) in [5.74, 6) is -0.188. The van der Waals surface area contributed by atoms with Crippen LogP contribution in [0.2, 0.25) is 0 Å². The Morgan fingerprint density at radius 2 is 2.05 bits per heavy atom. The van der Waals surface area contributed by atoms with Crippen molar-refractivity contribution in [2.24, 2.45) is 0 Å². The zero-order valence-electron chi connectivity index (χ0n) is 12.8. The standard InChI is InChI=1S/C16H23FN2O2/c1-16(2,3)19-15(20)10-21-14-7-11(6-12(17)8-14)9-18-13-4-5-13/h6-8,13,18H,4-5,9-10H2,1-3H3,(H,19,20). The van der Waals surface area contributed by atoms with Crippen molar-refractivity contribution in [3.63, 3.8) is 0 Å². The van der Waals surface area contributed by atoms with E-state index in [1.54, 1.807) is 6.07 Å². The first kappa shape index (κ1) is 15.8. The van der Waals surface area contributed by atoms with Crippen molar-refractivity contribution in [1.29, 1.82) is 0 Å². The number of carbonyl (C=O) groups is 1. The molecule has 1 aliphatic rings. The molecule has 0 spiro atoms. The summed E-state index contributed by atoms with van der Waals surface area (Å²) in [6.07, 6.45) is 2.37. The molecule has 2 N–H and O–H groups in total. The number of benzene rings is 1. The fourth-order valence-corrected chi connectivity index (χ4v) is 1.96. The fourth-order valence-electron chi connectivity index (χ4n) is 1.96. The quantitative estimate of drug-likeness (QED) is 0.847. The average Bonchev–Trinajstić information content (AvgIpc) is 3.15. The Hall–Kier alpha value is -1.62. The smallest absolute Gasteiger partial charge is 0.258 e. The predicted molar refractivity (Wildman–Crippen MR) is 79.7 cm³/mol. The Morgan fingerprint density at radius 3 is 2.67 bits per heavy atom. The molecule has 2 rings (SSSR count). The minimum Gasteiger partial charge on any atom is -0.484 e. The van der Waals surface area contributed by atoms with E-state index in [1.165, 1.54) is 25.0 Å². The minimum atomic E-state index is -0.351. The van der Waals surface area contributed by atoms with Crippen LogP contribution >= 0.6 is 0 Å². The van der Waals surface area contributed by atoms with Crippen LogP contribution < -0.4 is 15.4 Å². The third-order valence-corrected chi connectivity index (χ3v) is 2.99. The van der Waals surface area contributed by atoms with Gasteiger partial charge in [-0.25, -0.2) is 4.39 Å². The summed E-state index contributed by atoms with van der Waals surface area (Å²) in [4.78, 5) is 11.7. The molecule has 0 saturated heterocycles. The van der Waals surface area contributed by atoms with Crippen LogP contribution in [0.25, 0.3) is 0 Å². The van der Waals surface area contributed by atoms with Crippen molar-refractivity contribution in [3.8, 4) is 5.75 Å². The van der Waals surface area contributed by atoms with Crippen LogP contribution in [0.1, 0.15) is 39.2 Å². The van der Waals surface area contributed by atoms with Gasteiger partial charge in [-0.3, -0.25) is 4.79 Å². The summed E-state index contributed by atoms with van der Waals surface area (Å²) in [7, 11) is 0. The maximum absolute atomic E-state index is 13.6. The zero-order chi connectivity index (χ0) is 15.5. The number of rotatable bonds is 6. The van der Waals surface area contributed by atoms with Gasteiger partial charge in [0.05, 0.1) is 0 Å². The first-order chi connectivity index (χ1) is 9.82. The summed E-state index contributed by atoms with van der Waals surface area (Å²) in [6.45, 7) is 6.20.